The van der Waals surface area contributed by atoms with Crippen LogP contribution in [0.4, 0.5) is 17.3 Å². The highest BCUT2D eigenvalue weighted by molar-refractivity contribution is 6.03. The van der Waals surface area contributed by atoms with E-state index in [1.54, 1.807) is 12.4 Å². The molecule has 1 amide bonds. The molecule has 0 spiro atoms. The van der Waals surface area contributed by atoms with Gasteiger partial charge in [0.05, 0.1) is 5.56 Å². The Morgan fingerprint density at radius 2 is 1.78 bits per heavy atom. The summed E-state index contributed by atoms with van der Waals surface area (Å²) in [5.74, 6) is 1.66. The van der Waals surface area contributed by atoms with Crippen LogP contribution in [0.5, 0.6) is 0 Å². The zero-order valence-corrected chi connectivity index (χ0v) is 16.4. The van der Waals surface area contributed by atoms with Gasteiger partial charge in [-0.05, 0) is 48.9 Å². The highest BCUT2D eigenvalue weighted by atomic mass is 16.1. The third-order valence-electron chi connectivity index (χ3n) is 4.86. The summed E-state index contributed by atoms with van der Waals surface area (Å²) in [7, 11) is 0. The maximum atomic E-state index is 12.4. The first-order valence-electron chi connectivity index (χ1n) is 9.73. The minimum Gasteiger partial charge on any atom is -0.372 e. The fourth-order valence-electron chi connectivity index (χ4n) is 3.06. The Kier molecular flexibility index (Phi) is 6.27. The molecule has 1 aromatic carbocycles. The van der Waals surface area contributed by atoms with Crippen molar-refractivity contribution in [1.29, 1.82) is 0 Å². The van der Waals surface area contributed by atoms with E-state index in [-0.39, 0.29) is 5.91 Å². The van der Waals surface area contributed by atoms with Gasteiger partial charge in [0.1, 0.15) is 0 Å². The summed E-state index contributed by atoms with van der Waals surface area (Å²) < 4.78 is 0. The van der Waals surface area contributed by atoms with E-state index in [0.717, 1.165) is 31.2 Å². The van der Waals surface area contributed by atoms with Crippen molar-refractivity contribution in [2.24, 2.45) is 11.8 Å². The second-order valence-electron chi connectivity index (χ2n) is 7.74. The van der Waals surface area contributed by atoms with Crippen LogP contribution in [0.2, 0.25) is 0 Å². The molecule has 0 radical (unpaired) electrons. The first kappa shape index (κ1) is 19.1. The smallest absolute Gasteiger partial charge is 0.258 e. The fraction of sp³-hybridized carbons (Fsp3) is 0.476. The lowest BCUT2D eigenvalue weighted by Gasteiger charge is -2.32. The lowest BCUT2D eigenvalue weighted by atomic mass is 9.99. The number of nitrogens with zero attached hydrogens (tertiary/aromatic N) is 3. The lowest BCUT2D eigenvalue weighted by Crippen LogP contribution is -2.32. The van der Waals surface area contributed by atoms with E-state index in [2.05, 4.69) is 58.4 Å². The summed E-state index contributed by atoms with van der Waals surface area (Å²) in [6, 6.07) is 8.04. The van der Waals surface area contributed by atoms with Crippen LogP contribution in [-0.2, 0) is 0 Å². The Bertz CT molecular complexity index is 734. The number of rotatable bonds is 6. The lowest BCUT2D eigenvalue weighted by molar-refractivity contribution is 0.102. The van der Waals surface area contributed by atoms with E-state index < -0.39 is 0 Å². The molecule has 2 heterocycles. The Morgan fingerprint density at radius 3 is 2.37 bits per heavy atom. The first-order chi connectivity index (χ1) is 13.0. The van der Waals surface area contributed by atoms with Crippen LogP contribution in [-0.4, -0.2) is 35.5 Å². The molecule has 1 saturated heterocycles. The molecule has 1 aliphatic rings. The maximum absolute atomic E-state index is 12.4. The molecule has 27 heavy (non-hydrogen) atoms. The molecule has 6 heteroatoms. The van der Waals surface area contributed by atoms with Gasteiger partial charge in [-0.1, -0.05) is 20.8 Å². The first-order valence-corrected chi connectivity index (χ1v) is 9.73. The van der Waals surface area contributed by atoms with Crippen LogP contribution in [0.1, 0.15) is 44.0 Å². The van der Waals surface area contributed by atoms with Crippen LogP contribution in [0, 0.1) is 11.8 Å². The van der Waals surface area contributed by atoms with E-state index in [9.17, 15) is 4.79 Å². The molecule has 0 aliphatic carbocycles. The highest BCUT2D eigenvalue weighted by Gasteiger charge is 2.16. The molecule has 0 saturated carbocycles. The van der Waals surface area contributed by atoms with Crippen molar-refractivity contribution in [3.63, 3.8) is 0 Å². The van der Waals surface area contributed by atoms with E-state index in [0.29, 0.717) is 17.4 Å². The molecule has 0 unspecified atom stereocenters. The Labute approximate surface area is 161 Å². The number of aromatic nitrogens is 2. The third-order valence-corrected chi connectivity index (χ3v) is 4.86. The van der Waals surface area contributed by atoms with Crippen molar-refractivity contribution < 1.29 is 4.79 Å². The van der Waals surface area contributed by atoms with Gasteiger partial charge in [-0.25, -0.2) is 9.97 Å². The predicted octanol–water partition coefficient (Wildman–Crippen LogP) is 4.03. The minimum absolute atomic E-state index is 0.204. The Balaban J connectivity index is 1.56. The van der Waals surface area contributed by atoms with Crippen molar-refractivity contribution in [2.75, 3.05) is 35.2 Å². The standard InChI is InChI=1S/C21H29N5O/c1-15(2)12-22-21-23-13-17(14-24-21)20(27)25-18-4-6-19(7-5-18)26-10-8-16(3)9-11-26/h4-7,13-16H,8-12H2,1-3H3,(H,25,27)(H,22,23,24). The molecular weight excluding hydrogens is 338 g/mol. The number of carbonyl (C=O) groups excluding carboxylic acids is 1. The van der Waals surface area contributed by atoms with Crippen LogP contribution in [0.25, 0.3) is 0 Å². The molecule has 144 valence electrons. The van der Waals surface area contributed by atoms with Gasteiger partial charge in [0, 0.05) is 43.4 Å². The second kappa shape index (κ2) is 8.84. The molecule has 2 aromatic rings. The van der Waals surface area contributed by atoms with Crippen molar-refractivity contribution in [3.8, 4) is 0 Å². The average molecular weight is 367 g/mol. The molecule has 1 aliphatic heterocycles. The molecule has 0 atom stereocenters. The van der Waals surface area contributed by atoms with Gasteiger partial charge >= 0.3 is 0 Å². The zero-order valence-electron chi connectivity index (χ0n) is 16.4. The number of benzene rings is 1. The number of hydrogen-bond donors (Lipinski definition) is 2. The molecule has 1 fully saturated rings. The summed E-state index contributed by atoms with van der Waals surface area (Å²) in [6.45, 7) is 9.54. The fourth-order valence-corrected chi connectivity index (χ4v) is 3.06. The van der Waals surface area contributed by atoms with Crippen molar-refractivity contribution in [1.82, 2.24) is 9.97 Å². The maximum Gasteiger partial charge on any atom is 0.258 e. The monoisotopic (exact) mass is 367 g/mol. The average Bonchev–Trinajstić information content (AvgIpc) is 2.68. The third kappa shape index (κ3) is 5.42. The van der Waals surface area contributed by atoms with Gasteiger partial charge in [-0.3, -0.25) is 4.79 Å². The van der Waals surface area contributed by atoms with Gasteiger partial charge in [0.25, 0.3) is 5.91 Å². The highest BCUT2D eigenvalue weighted by Crippen LogP contribution is 2.24. The van der Waals surface area contributed by atoms with Crippen LogP contribution in [0.3, 0.4) is 0 Å². The van der Waals surface area contributed by atoms with Gasteiger partial charge in [0.2, 0.25) is 5.95 Å². The minimum atomic E-state index is -0.204. The largest absolute Gasteiger partial charge is 0.372 e. The normalized spacial score (nSPS) is 15.0. The number of hydrogen-bond acceptors (Lipinski definition) is 5. The molecule has 3 rings (SSSR count). The SMILES string of the molecule is CC(C)CNc1ncc(C(=O)Nc2ccc(N3CCC(C)CC3)cc2)cn1. The number of anilines is 3. The molecule has 1 aromatic heterocycles. The Hall–Kier alpha value is -2.63. The number of carbonyl (C=O) groups is 1. The van der Waals surface area contributed by atoms with Gasteiger partial charge in [-0.2, -0.15) is 0 Å². The van der Waals surface area contributed by atoms with Crippen molar-refractivity contribution in [3.05, 3.63) is 42.2 Å². The summed E-state index contributed by atoms with van der Waals surface area (Å²) >= 11 is 0. The molecular formula is C21H29N5O. The predicted molar refractivity (Wildman–Crippen MR) is 110 cm³/mol. The van der Waals surface area contributed by atoms with E-state index in [4.69, 9.17) is 0 Å². The van der Waals surface area contributed by atoms with E-state index in [1.807, 2.05) is 12.1 Å². The van der Waals surface area contributed by atoms with Gasteiger partial charge < -0.3 is 15.5 Å². The summed E-state index contributed by atoms with van der Waals surface area (Å²) in [6.07, 6.45) is 5.57. The summed E-state index contributed by atoms with van der Waals surface area (Å²) in [5, 5.41) is 6.05. The van der Waals surface area contributed by atoms with E-state index in [1.165, 1.54) is 18.5 Å². The number of amides is 1. The molecule has 0 bridgehead atoms. The zero-order chi connectivity index (χ0) is 19.2. The second-order valence-corrected chi connectivity index (χ2v) is 7.74. The summed E-state index contributed by atoms with van der Waals surface area (Å²) in [4.78, 5) is 23.2. The van der Waals surface area contributed by atoms with Crippen LogP contribution in [0.15, 0.2) is 36.7 Å². The van der Waals surface area contributed by atoms with Gasteiger partial charge in [-0.15, -0.1) is 0 Å². The number of piperidine rings is 1. The topological polar surface area (TPSA) is 70.2 Å². The van der Waals surface area contributed by atoms with Crippen molar-refractivity contribution >= 4 is 23.2 Å². The molecule has 6 nitrogen and oxygen atoms in total. The number of nitrogens with one attached hydrogen (secondary N) is 2. The summed E-state index contributed by atoms with van der Waals surface area (Å²) in [5.41, 5.74) is 2.43. The van der Waals surface area contributed by atoms with Crippen LogP contribution >= 0.6 is 0 Å². The van der Waals surface area contributed by atoms with Crippen LogP contribution < -0.4 is 15.5 Å². The van der Waals surface area contributed by atoms with Crippen molar-refractivity contribution in [2.45, 2.75) is 33.6 Å². The van der Waals surface area contributed by atoms with Gasteiger partial charge in [0.15, 0.2) is 0 Å². The van der Waals surface area contributed by atoms with E-state index >= 15 is 0 Å². The Morgan fingerprint density at radius 1 is 1.15 bits per heavy atom. The quantitative estimate of drug-likeness (QED) is 0.806. The molecule has 2 N–H and O–H groups in total.